The summed E-state index contributed by atoms with van der Waals surface area (Å²) in [4.78, 5) is 11.0. The lowest BCUT2D eigenvalue weighted by Crippen LogP contribution is -2.21. The molecule has 0 radical (unpaired) electrons. The van der Waals surface area contributed by atoms with Crippen LogP contribution >= 0.6 is 0 Å². The Balaban J connectivity index is 2.58. The van der Waals surface area contributed by atoms with Crippen molar-refractivity contribution in [2.24, 2.45) is 17.3 Å². The van der Waals surface area contributed by atoms with E-state index in [2.05, 4.69) is 20.8 Å². The number of carbonyl (C=O) groups is 1. The molecule has 1 fully saturated rings. The van der Waals surface area contributed by atoms with E-state index in [-0.39, 0.29) is 5.41 Å². The zero-order chi connectivity index (χ0) is 9.19. The molecule has 0 heterocycles. The molecule has 12 heavy (non-hydrogen) atoms. The van der Waals surface area contributed by atoms with Crippen LogP contribution in [0.2, 0.25) is 0 Å². The van der Waals surface area contributed by atoms with Crippen LogP contribution in [-0.4, -0.2) is 6.29 Å². The third-order valence-electron chi connectivity index (χ3n) is 2.95. The van der Waals surface area contributed by atoms with Gasteiger partial charge in [-0.2, -0.15) is 0 Å². The minimum atomic E-state index is 0.0492. The van der Waals surface area contributed by atoms with Gasteiger partial charge in [0.05, 0.1) is 0 Å². The summed E-state index contributed by atoms with van der Waals surface area (Å²) in [7, 11) is 0. The highest BCUT2D eigenvalue weighted by atomic mass is 16.1. The summed E-state index contributed by atoms with van der Waals surface area (Å²) in [5.41, 5.74) is 0.0492. The number of hydrogen-bond acceptors (Lipinski definition) is 1. The Morgan fingerprint density at radius 3 is 2.58 bits per heavy atom. The summed E-state index contributed by atoms with van der Waals surface area (Å²) in [6.45, 7) is 6.66. The number of carbonyl (C=O) groups excluding carboxylic acids is 1. The molecule has 0 aliphatic heterocycles. The Hall–Kier alpha value is -0.330. The fourth-order valence-corrected chi connectivity index (χ4v) is 2.59. The maximum atomic E-state index is 11.0. The first-order valence-corrected chi connectivity index (χ1v) is 5.04. The van der Waals surface area contributed by atoms with E-state index in [0.29, 0.717) is 5.92 Å². The van der Waals surface area contributed by atoms with E-state index in [9.17, 15) is 4.79 Å². The molecule has 0 N–H and O–H groups in total. The molecule has 1 heteroatoms. The first-order valence-electron chi connectivity index (χ1n) is 5.04. The third-order valence-corrected chi connectivity index (χ3v) is 2.95. The van der Waals surface area contributed by atoms with Crippen LogP contribution in [0.4, 0.5) is 0 Å². The van der Waals surface area contributed by atoms with Gasteiger partial charge in [-0.1, -0.05) is 20.8 Å². The largest absolute Gasteiger partial charge is 0.303 e. The van der Waals surface area contributed by atoms with E-state index in [1.165, 1.54) is 12.7 Å². The highest BCUT2D eigenvalue weighted by molar-refractivity contribution is 5.60. The predicted molar refractivity (Wildman–Crippen MR) is 51.0 cm³/mol. The van der Waals surface area contributed by atoms with Crippen molar-refractivity contribution in [3.63, 3.8) is 0 Å². The summed E-state index contributed by atoms with van der Waals surface area (Å²) >= 11 is 0. The van der Waals surface area contributed by atoms with E-state index in [0.717, 1.165) is 25.2 Å². The van der Waals surface area contributed by atoms with Gasteiger partial charge in [0.1, 0.15) is 6.29 Å². The molecule has 1 nitrogen and oxygen atoms in total. The summed E-state index contributed by atoms with van der Waals surface area (Å²) in [5, 5.41) is 0. The van der Waals surface area contributed by atoms with Crippen LogP contribution in [0.15, 0.2) is 0 Å². The van der Waals surface area contributed by atoms with Crippen LogP contribution in [0.1, 0.15) is 46.5 Å². The van der Waals surface area contributed by atoms with Crippen LogP contribution in [0.3, 0.4) is 0 Å². The second-order valence-electron chi connectivity index (χ2n) is 4.93. The van der Waals surface area contributed by atoms with E-state index in [1.807, 2.05) is 0 Å². The molecule has 0 amide bonds. The van der Waals surface area contributed by atoms with Gasteiger partial charge in [0, 0.05) is 5.41 Å². The summed E-state index contributed by atoms with van der Waals surface area (Å²) in [5.74, 6) is 1.41. The van der Waals surface area contributed by atoms with Crippen molar-refractivity contribution in [2.45, 2.75) is 46.5 Å². The molecule has 70 valence electrons. The molecule has 0 bridgehead atoms. The molecule has 0 spiro atoms. The summed E-state index contributed by atoms with van der Waals surface area (Å²) < 4.78 is 0. The van der Waals surface area contributed by atoms with Crippen molar-refractivity contribution in [3.05, 3.63) is 0 Å². The van der Waals surface area contributed by atoms with Gasteiger partial charge < -0.3 is 4.79 Å². The van der Waals surface area contributed by atoms with Crippen molar-refractivity contribution >= 4 is 6.29 Å². The molecule has 0 aromatic heterocycles. The van der Waals surface area contributed by atoms with Crippen LogP contribution in [0.5, 0.6) is 0 Å². The average molecular weight is 168 g/mol. The lowest BCUT2D eigenvalue weighted by atomic mass is 9.79. The summed E-state index contributed by atoms with van der Waals surface area (Å²) in [6.07, 6.45) is 5.79. The van der Waals surface area contributed by atoms with Gasteiger partial charge in [-0.05, 0) is 37.5 Å². The molecule has 0 aromatic rings. The lowest BCUT2D eigenvalue weighted by Gasteiger charge is -2.24. The van der Waals surface area contributed by atoms with Crippen LogP contribution < -0.4 is 0 Å². The van der Waals surface area contributed by atoms with E-state index < -0.39 is 0 Å². The topological polar surface area (TPSA) is 17.1 Å². The van der Waals surface area contributed by atoms with Crippen LogP contribution in [-0.2, 0) is 4.79 Å². The molecule has 1 aliphatic rings. The molecule has 2 unspecified atom stereocenters. The van der Waals surface area contributed by atoms with Crippen LogP contribution in [0, 0.1) is 17.3 Å². The Morgan fingerprint density at radius 2 is 2.25 bits per heavy atom. The van der Waals surface area contributed by atoms with Crippen molar-refractivity contribution in [1.82, 2.24) is 0 Å². The highest BCUT2D eigenvalue weighted by Gasteiger charge is 2.37. The molecular formula is C11H20O. The third kappa shape index (κ3) is 2.09. The van der Waals surface area contributed by atoms with Gasteiger partial charge in [-0.15, -0.1) is 0 Å². The maximum absolute atomic E-state index is 11.0. The van der Waals surface area contributed by atoms with Gasteiger partial charge in [-0.3, -0.25) is 0 Å². The fourth-order valence-electron chi connectivity index (χ4n) is 2.59. The minimum absolute atomic E-state index is 0.0492. The molecular weight excluding hydrogens is 148 g/mol. The monoisotopic (exact) mass is 168 g/mol. The van der Waals surface area contributed by atoms with Crippen LogP contribution in [0.25, 0.3) is 0 Å². The van der Waals surface area contributed by atoms with Gasteiger partial charge >= 0.3 is 0 Å². The van der Waals surface area contributed by atoms with E-state index in [4.69, 9.17) is 0 Å². The Labute approximate surface area is 75.5 Å². The van der Waals surface area contributed by atoms with Crippen molar-refractivity contribution in [3.8, 4) is 0 Å². The standard InChI is InChI=1S/C11H20O/c1-9(2)6-11(8-12)5-4-10(3)7-11/h8-10H,4-7H2,1-3H3. The zero-order valence-electron chi connectivity index (χ0n) is 8.47. The van der Waals surface area contributed by atoms with Gasteiger partial charge in [0.15, 0.2) is 0 Å². The number of rotatable bonds is 3. The lowest BCUT2D eigenvalue weighted by molar-refractivity contribution is -0.116. The molecule has 0 saturated heterocycles. The maximum Gasteiger partial charge on any atom is 0.126 e. The number of hydrogen-bond donors (Lipinski definition) is 0. The quantitative estimate of drug-likeness (QED) is 0.592. The molecule has 0 aromatic carbocycles. The van der Waals surface area contributed by atoms with E-state index >= 15 is 0 Å². The first-order chi connectivity index (χ1) is 5.58. The van der Waals surface area contributed by atoms with Crippen molar-refractivity contribution in [2.75, 3.05) is 0 Å². The van der Waals surface area contributed by atoms with E-state index in [1.54, 1.807) is 0 Å². The average Bonchev–Trinajstić information content (AvgIpc) is 2.32. The van der Waals surface area contributed by atoms with Gasteiger partial charge in [0.25, 0.3) is 0 Å². The fraction of sp³-hybridized carbons (Fsp3) is 0.909. The normalized spacial score (nSPS) is 35.8. The second kappa shape index (κ2) is 3.59. The predicted octanol–water partition coefficient (Wildman–Crippen LogP) is 3.04. The summed E-state index contributed by atoms with van der Waals surface area (Å²) in [6, 6.07) is 0. The Kier molecular flexibility index (Phi) is 2.92. The molecule has 1 aliphatic carbocycles. The highest BCUT2D eigenvalue weighted by Crippen LogP contribution is 2.44. The van der Waals surface area contributed by atoms with Gasteiger partial charge in [0.2, 0.25) is 0 Å². The second-order valence-corrected chi connectivity index (χ2v) is 4.93. The Bertz CT molecular complexity index is 162. The zero-order valence-corrected chi connectivity index (χ0v) is 8.47. The molecule has 2 atom stereocenters. The number of aldehydes is 1. The smallest absolute Gasteiger partial charge is 0.126 e. The van der Waals surface area contributed by atoms with Crippen molar-refractivity contribution in [1.29, 1.82) is 0 Å². The molecule has 1 saturated carbocycles. The Morgan fingerprint density at radius 1 is 1.58 bits per heavy atom. The minimum Gasteiger partial charge on any atom is -0.303 e. The first kappa shape index (κ1) is 9.76. The van der Waals surface area contributed by atoms with Gasteiger partial charge in [-0.25, -0.2) is 0 Å². The molecule has 1 rings (SSSR count). The van der Waals surface area contributed by atoms with Crippen molar-refractivity contribution < 1.29 is 4.79 Å². The SMILES string of the molecule is CC(C)CC1(C=O)CCC(C)C1.